The Kier molecular flexibility index (Phi) is 4.25. The highest BCUT2D eigenvalue weighted by Gasteiger charge is 2.37. The average Bonchev–Trinajstić information content (AvgIpc) is 3.33. The summed E-state index contributed by atoms with van der Waals surface area (Å²) in [5, 5.41) is 20.4. The highest BCUT2D eigenvalue weighted by Crippen LogP contribution is 2.38. The number of carbonyl (C=O) groups is 1. The molecule has 2 aromatic carbocycles. The Balaban J connectivity index is 1.55. The van der Waals surface area contributed by atoms with Crippen molar-refractivity contribution < 1.29 is 4.79 Å². The van der Waals surface area contributed by atoms with Crippen LogP contribution in [0.5, 0.6) is 0 Å². The third-order valence-electron chi connectivity index (χ3n) is 5.71. The van der Waals surface area contributed by atoms with E-state index in [2.05, 4.69) is 26.5 Å². The molecule has 0 bridgehead atoms. The van der Waals surface area contributed by atoms with Gasteiger partial charge in [0.2, 0.25) is 0 Å². The average molecular weight is 394 g/mol. The molecule has 2 aromatic heterocycles. The molecule has 4 aromatic rings. The number of rotatable bonds is 4. The fourth-order valence-corrected chi connectivity index (χ4v) is 4.17. The monoisotopic (exact) mass is 394 g/mol. The van der Waals surface area contributed by atoms with Crippen molar-refractivity contribution in [1.82, 2.24) is 25.3 Å². The van der Waals surface area contributed by atoms with Crippen LogP contribution in [0.1, 0.15) is 44.3 Å². The number of aromatic amines is 1. The van der Waals surface area contributed by atoms with Gasteiger partial charge in [-0.25, -0.2) is 4.98 Å². The van der Waals surface area contributed by atoms with Gasteiger partial charge in [0.05, 0.1) is 6.04 Å². The lowest BCUT2D eigenvalue weighted by atomic mass is 9.94. The molecule has 1 N–H and O–H groups in total. The lowest BCUT2D eigenvalue weighted by molar-refractivity contribution is 0.0709. The van der Waals surface area contributed by atoms with Crippen molar-refractivity contribution in [2.24, 2.45) is 0 Å². The van der Waals surface area contributed by atoms with Gasteiger partial charge in [0.25, 0.3) is 5.91 Å². The molecule has 0 fully saturated rings. The Morgan fingerprint density at radius 2 is 1.97 bits per heavy atom. The van der Waals surface area contributed by atoms with Crippen LogP contribution in [-0.2, 0) is 13.0 Å². The van der Waals surface area contributed by atoms with Crippen LogP contribution >= 0.6 is 0 Å². The SMILES string of the molecule is Cc1ccnc(C#N)c1CC1c2ccccc2C(=O)N1Cc1ccc2n[nH]nc2c1. The van der Waals surface area contributed by atoms with Gasteiger partial charge in [0.15, 0.2) is 0 Å². The molecule has 7 heteroatoms. The van der Waals surface area contributed by atoms with Crippen molar-refractivity contribution >= 4 is 16.9 Å². The summed E-state index contributed by atoms with van der Waals surface area (Å²) in [6.07, 6.45) is 2.19. The van der Waals surface area contributed by atoms with E-state index in [1.807, 2.05) is 60.4 Å². The molecule has 0 saturated heterocycles. The van der Waals surface area contributed by atoms with Crippen molar-refractivity contribution in [3.05, 3.63) is 88.2 Å². The topological polar surface area (TPSA) is 98.6 Å². The molecule has 1 amide bonds. The predicted octanol–water partition coefficient (Wildman–Crippen LogP) is 3.47. The van der Waals surface area contributed by atoms with E-state index < -0.39 is 0 Å². The van der Waals surface area contributed by atoms with E-state index in [-0.39, 0.29) is 11.9 Å². The lowest BCUT2D eigenvalue weighted by Gasteiger charge is -2.26. The second kappa shape index (κ2) is 7.08. The number of nitrogens with one attached hydrogen (secondary N) is 1. The van der Waals surface area contributed by atoms with Gasteiger partial charge in [-0.3, -0.25) is 4.79 Å². The van der Waals surface area contributed by atoms with Crippen LogP contribution in [0.4, 0.5) is 0 Å². The first-order valence-electron chi connectivity index (χ1n) is 9.69. The van der Waals surface area contributed by atoms with Crippen LogP contribution in [0.3, 0.4) is 0 Å². The van der Waals surface area contributed by atoms with Crippen LogP contribution < -0.4 is 0 Å². The Hall–Kier alpha value is -4.05. The quantitative estimate of drug-likeness (QED) is 0.571. The maximum Gasteiger partial charge on any atom is 0.255 e. The van der Waals surface area contributed by atoms with Crippen LogP contribution in [0.15, 0.2) is 54.7 Å². The van der Waals surface area contributed by atoms with Gasteiger partial charge in [-0.2, -0.15) is 20.7 Å². The number of hydrogen-bond donors (Lipinski definition) is 1. The summed E-state index contributed by atoms with van der Waals surface area (Å²) in [5.41, 5.74) is 6.52. The number of carbonyl (C=O) groups excluding carboxylic acids is 1. The molecular weight excluding hydrogens is 376 g/mol. The fourth-order valence-electron chi connectivity index (χ4n) is 4.17. The number of pyridine rings is 1. The maximum atomic E-state index is 13.3. The van der Waals surface area contributed by atoms with Crippen molar-refractivity contribution in [2.75, 3.05) is 0 Å². The number of nitrogens with zero attached hydrogens (tertiary/aromatic N) is 5. The predicted molar refractivity (Wildman–Crippen MR) is 110 cm³/mol. The Morgan fingerprint density at radius 1 is 1.13 bits per heavy atom. The minimum atomic E-state index is -0.170. The molecule has 7 nitrogen and oxygen atoms in total. The summed E-state index contributed by atoms with van der Waals surface area (Å²) in [5.74, 6) is -0.00380. The van der Waals surface area contributed by atoms with E-state index in [1.165, 1.54) is 0 Å². The third-order valence-corrected chi connectivity index (χ3v) is 5.71. The molecule has 1 aliphatic rings. The molecule has 0 aliphatic carbocycles. The van der Waals surface area contributed by atoms with E-state index in [4.69, 9.17) is 0 Å². The molecule has 3 heterocycles. The summed E-state index contributed by atoms with van der Waals surface area (Å²) in [7, 11) is 0. The van der Waals surface area contributed by atoms with Gasteiger partial charge < -0.3 is 4.90 Å². The summed E-state index contributed by atoms with van der Waals surface area (Å²) in [6, 6.07) is 17.4. The first-order valence-corrected chi connectivity index (χ1v) is 9.69. The largest absolute Gasteiger partial charge is 0.327 e. The van der Waals surface area contributed by atoms with Crippen LogP contribution in [0, 0.1) is 18.3 Å². The highest BCUT2D eigenvalue weighted by molar-refractivity contribution is 5.99. The molecule has 1 aliphatic heterocycles. The number of hydrogen-bond acceptors (Lipinski definition) is 5. The molecule has 146 valence electrons. The van der Waals surface area contributed by atoms with Gasteiger partial charge in [0, 0.05) is 24.7 Å². The van der Waals surface area contributed by atoms with Gasteiger partial charge in [-0.15, -0.1) is 0 Å². The van der Waals surface area contributed by atoms with Gasteiger partial charge in [-0.1, -0.05) is 24.3 Å². The molecular formula is C23H18N6O. The summed E-state index contributed by atoms with van der Waals surface area (Å²) in [6.45, 7) is 2.42. The number of amides is 1. The van der Waals surface area contributed by atoms with E-state index in [9.17, 15) is 10.1 Å². The van der Waals surface area contributed by atoms with Crippen molar-refractivity contribution in [2.45, 2.75) is 25.9 Å². The van der Waals surface area contributed by atoms with Crippen molar-refractivity contribution in [1.29, 1.82) is 5.26 Å². The summed E-state index contributed by atoms with van der Waals surface area (Å²) in [4.78, 5) is 19.4. The van der Waals surface area contributed by atoms with E-state index in [0.29, 0.717) is 24.2 Å². The number of H-pyrrole nitrogens is 1. The normalized spacial score (nSPS) is 15.4. The smallest absolute Gasteiger partial charge is 0.255 e. The minimum Gasteiger partial charge on any atom is -0.327 e. The van der Waals surface area contributed by atoms with Gasteiger partial charge >= 0.3 is 0 Å². The molecule has 1 atom stereocenters. The Morgan fingerprint density at radius 3 is 2.83 bits per heavy atom. The number of aryl methyl sites for hydroxylation is 1. The molecule has 1 unspecified atom stereocenters. The summed E-state index contributed by atoms with van der Waals surface area (Å²) >= 11 is 0. The van der Waals surface area contributed by atoms with E-state index in [1.54, 1.807) is 6.20 Å². The maximum absolute atomic E-state index is 13.3. The first kappa shape index (κ1) is 18.0. The number of benzene rings is 2. The molecule has 5 rings (SSSR count). The zero-order valence-electron chi connectivity index (χ0n) is 16.3. The van der Waals surface area contributed by atoms with Crippen LogP contribution in [-0.4, -0.2) is 31.2 Å². The lowest BCUT2D eigenvalue weighted by Crippen LogP contribution is -2.29. The van der Waals surface area contributed by atoms with Gasteiger partial charge in [0.1, 0.15) is 22.8 Å². The number of fused-ring (bicyclic) bond motifs is 2. The Labute approximate surface area is 173 Å². The molecule has 30 heavy (non-hydrogen) atoms. The third kappa shape index (κ3) is 2.90. The summed E-state index contributed by atoms with van der Waals surface area (Å²) < 4.78 is 0. The Bertz CT molecular complexity index is 1320. The molecule has 0 saturated carbocycles. The van der Waals surface area contributed by atoms with E-state index in [0.717, 1.165) is 33.3 Å². The van der Waals surface area contributed by atoms with Crippen molar-refractivity contribution in [3.8, 4) is 6.07 Å². The molecule has 0 spiro atoms. The second-order valence-corrected chi connectivity index (χ2v) is 7.45. The second-order valence-electron chi connectivity index (χ2n) is 7.45. The van der Waals surface area contributed by atoms with Crippen molar-refractivity contribution in [3.63, 3.8) is 0 Å². The highest BCUT2D eigenvalue weighted by atomic mass is 16.2. The zero-order chi connectivity index (χ0) is 20.7. The fraction of sp³-hybridized carbons (Fsp3) is 0.174. The zero-order valence-corrected chi connectivity index (χ0v) is 16.3. The number of aromatic nitrogens is 4. The standard InChI is InChI=1S/C23H18N6O/c1-14-8-9-25-21(12-24)18(14)11-22-16-4-2-3-5-17(16)23(30)29(22)13-15-6-7-19-20(10-15)27-28-26-19/h2-10,22H,11,13H2,1H3,(H,26,27,28). The van der Waals surface area contributed by atoms with Crippen LogP contribution in [0.25, 0.3) is 11.0 Å². The molecule has 0 radical (unpaired) electrons. The number of nitriles is 1. The first-order chi connectivity index (χ1) is 14.7. The van der Waals surface area contributed by atoms with Crippen LogP contribution in [0.2, 0.25) is 0 Å². The minimum absolute atomic E-state index is 0.00380. The van der Waals surface area contributed by atoms with Gasteiger partial charge in [-0.05, 0) is 53.4 Å². The van der Waals surface area contributed by atoms with E-state index >= 15 is 0 Å².